The Labute approximate surface area is 155 Å². The molecule has 2 aliphatic rings. The maximum atomic E-state index is 13.0. The number of hydrogen-bond acceptors (Lipinski definition) is 7. The molecule has 0 aliphatic carbocycles. The van der Waals surface area contributed by atoms with Gasteiger partial charge in [-0.25, -0.2) is 9.78 Å². The molecule has 8 heteroatoms. The Bertz CT molecular complexity index is 898. The van der Waals surface area contributed by atoms with Gasteiger partial charge < -0.3 is 20.4 Å². The topological polar surface area (TPSA) is 101 Å². The lowest BCUT2D eigenvalue weighted by molar-refractivity contribution is 0.0730. The molecule has 0 bridgehead atoms. The highest BCUT2D eigenvalue weighted by atomic mass is 32.1. The zero-order valence-electron chi connectivity index (χ0n) is 14.7. The molecule has 0 radical (unpaired) electrons. The third-order valence-electron chi connectivity index (χ3n) is 5.12. The average Bonchev–Trinajstić information content (AvgIpc) is 3.00. The van der Waals surface area contributed by atoms with Gasteiger partial charge in [-0.05, 0) is 37.9 Å². The van der Waals surface area contributed by atoms with Crippen molar-refractivity contribution in [2.24, 2.45) is 0 Å². The minimum absolute atomic E-state index is 0.137. The van der Waals surface area contributed by atoms with Crippen molar-refractivity contribution < 1.29 is 9.21 Å². The van der Waals surface area contributed by atoms with Crippen LogP contribution in [0.25, 0.3) is 0 Å². The molecule has 1 fully saturated rings. The third kappa shape index (κ3) is 3.14. The predicted octanol–water partition coefficient (Wildman–Crippen LogP) is 1.65. The maximum absolute atomic E-state index is 13.0. The van der Waals surface area contributed by atoms with Crippen molar-refractivity contribution in [3.8, 4) is 0 Å². The number of anilines is 1. The van der Waals surface area contributed by atoms with E-state index in [0.29, 0.717) is 36.0 Å². The molecule has 1 saturated heterocycles. The predicted molar refractivity (Wildman–Crippen MR) is 99.5 cm³/mol. The van der Waals surface area contributed by atoms with Gasteiger partial charge >= 0.3 is 5.63 Å². The molecule has 1 unspecified atom stereocenters. The molecule has 0 spiro atoms. The lowest BCUT2D eigenvalue weighted by Gasteiger charge is -2.26. The molecule has 4 heterocycles. The number of piperidine rings is 1. The van der Waals surface area contributed by atoms with Crippen LogP contribution >= 0.6 is 11.3 Å². The van der Waals surface area contributed by atoms with Gasteiger partial charge in [-0.15, -0.1) is 11.3 Å². The molecule has 138 valence electrons. The highest BCUT2D eigenvalue weighted by Gasteiger charge is 2.29. The Balaban J connectivity index is 1.59. The first-order valence-corrected chi connectivity index (χ1v) is 9.73. The van der Waals surface area contributed by atoms with Gasteiger partial charge in [0.05, 0.1) is 12.2 Å². The van der Waals surface area contributed by atoms with Crippen LogP contribution < -0.4 is 16.7 Å². The summed E-state index contributed by atoms with van der Waals surface area (Å²) in [4.78, 5) is 32.5. The quantitative estimate of drug-likeness (QED) is 0.829. The lowest BCUT2D eigenvalue weighted by atomic mass is 9.95. The van der Waals surface area contributed by atoms with Gasteiger partial charge in [0.2, 0.25) is 0 Å². The van der Waals surface area contributed by atoms with Crippen molar-refractivity contribution in [2.45, 2.75) is 38.6 Å². The standard InChI is InChI=1S/C18H22N4O3S/c1-10-7-13(11-3-2-5-20-8-11)25-17(24)15(10)16(23)22-6-4-12-14(9-22)26-18(19)21-12/h7,11,20H,2-6,8-9H2,1H3,(H2,19,21). The van der Waals surface area contributed by atoms with Crippen molar-refractivity contribution in [3.63, 3.8) is 0 Å². The van der Waals surface area contributed by atoms with Crippen molar-refractivity contribution in [1.29, 1.82) is 0 Å². The second kappa shape index (κ2) is 6.85. The van der Waals surface area contributed by atoms with Crippen molar-refractivity contribution in [1.82, 2.24) is 15.2 Å². The molecule has 2 aliphatic heterocycles. The number of aryl methyl sites for hydroxylation is 1. The fraction of sp³-hybridized carbons (Fsp3) is 0.500. The number of thiazole rings is 1. The average molecular weight is 374 g/mol. The van der Waals surface area contributed by atoms with E-state index >= 15 is 0 Å². The lowest BCUT2D eigenvalue weighted by Crippen LogP contribution is -2.38. The first kappa shape index (κ1) is 17.2. The second-order valence-electron chi connectivity index (χ2n) is 6.94. The maximum Gasteiger partial charge on any atom is 0.349 e. The van der Waals surface area contributed by atoms with Crippen LogP contribution in [0.15, 0.2) is 15.3 Å². The summed E-state index contributed by atoms with van der Waals surface area (Å²) in [6.45, 7) is 4.58. The molecule has 26 heavy (non-hydrogen) atoms. The number of nitrogen functional groups attached to an aromatic ring is 1. The van der Waals surface area contributed by atoms with Crippen molar-refractivity contribution in [2.75, 3.05) is 25.4 Å². The number of aromatic nitrogens is 1. The summed E-state index contributed by atoms with van der Waals surface area (Å²) in [6.07, 6.45) is 2.71. The smallest absolute Gasteiger partial charge is 0.349 e. The minimum Gasteiger partial charge on any atom is -0.427 e. The molecular weight excluding hydrogens is 352 g/mol. The van der Waals surface area contributed by atoms with Gasteiger partial charge in [0.15, 0.2) is 5.13 Å². The van der Waals surface area contributed by atoms with E-state index in [0.717, 1.165) is 36.5 Å². The largest absolute Gasteiger partial charge is 0.427 e. The van der Waals surface area contributed by atoms with Crippen molar-refractivity contribution in [3.05, 3.63) is 43.9 Å². The molecular formula is C18H22N4O3S. The van der Waals surface area contributed by atoms with E-state index in [1.165, 1.54) is 11.3 Å². The van der Waals surface area contributed by atoms with Crippen LogP contribution in [-0.4, -0.2) is 35.4 Å². The normalized spacial score (nSPS) is 20.0. The highest BCUT2D eigenvalue weighted by Crippen LogP contribution is 2.28. The summed E-state index contributed by atoms with van der Waals surface area (Å²) >= 11 is 1.40. The van der Waals surface area contributed by atoms with Gasteiger partial charge in [-0.1, -0.05) is 0 Å². The summed E-state index contributed by atoms with van der Waals surface area (Å²) in [5, 5.41) is 3.84. The van der Waals surface area contributed by atoms with Gasteiger partial charge in [-0.3, -0.25) is 4.79 Å². The van der Waals surface area contributed by atoms with E-state index in [1.807, 2.05) is 13.0 Å². The van der Waals surface area contributed by atoms with Crippen LogP contribution in [0.5, 0.6) is 0 Å². The summed E-state index contributed by atoms with van der Waals surface area (Å²) in [7, 11) is 0. The number of fused-ring (bicyclic) bond motifs is 1. The zero-order valence-corrected chi connectivity index (χ0v) is 15.5. The SMILES string of the molecule is Cc1cc(C2CCCNC2)oc(=O)c1C(=O)N1CCc2nc(N)sc2C1. The van der Waals surface area contributed by atoms with E-state index in [2.05, 4.69) is 10.3 Å². The Morgan fingerprint density at radius 3 is 3.08 bits per heavy atom. The molecule has 2 aromatic rings. The fourth-order valence-electron chi connectivity index (χ4n) is 3.73. The summed E-state index contributed by atoms with van der Waals surface area (Å²) in [5.74, 6) is 0.589. The number of nitrogens with two attached hydrogens (primary N) is 1. The second-order valence-corrected chi connectivity index (χ2v) is 8.05. The Morgan fingerprint density at radius 1 is 1.50 bits per heavy atom. The van der Waals surface area contributed by atoms with Gasteiger partial charge in [0.1, 0.15) is 11.3 Å². The summed E-state index contributed by atoms with van der Waals surface area (Å²) in [6, 6.07) is 1.85. The molecule has 3 N–H and O–H groups in total. The van der Waals surface area contributed by atoms with Crippen LogP contribution in [0.4, 0.5) is 5.13 Å². The monoisotopic (exact) mass is 374 g/mol. The minimum atomic E-state index is -0.537. The van der Waals surface area contributed by atoms with Crippen LogP contribution in [0.1, 0.15) is 51.0 Å². The van der Waals surface area contributed by atoms with E-state index in [4.69, 9.17) is 10.2 Å². The number of nitrogens with zero attached hydrogens (tertiary/aromatic N) is 2. The number of rotatable bonds is 2. The Morgan fingerprint density at radius 2 is 2.35 bits per heavy atom. The van der Waals surface area contributed by atoms with E-state index in [1.54, 1.807) is 4.90 Å². The van der Waals surface area contributed by atoms with E-state index < -0.39 is 5.63 Å². The molecule has 2 aromatic heterocycles. The zero-order chi connectivity index (χ0) is 18.3. The Kier molecular flexibility index (Phi) is 4.54. The molecule has 0 aromatic carbocycles. The first-order valence-electron chi connectivity index (χ1n) is 8.91. The van der Waals surface area contributed by atoms with Gasteiger partial charge in [0.25, 0.3) is 5.91 Å². The van der Waals surface area contributed by atoms with Gasteiger partial charge in [0, 0.05) is 30.3 Å². The van der Waals surface area contributed by atoms with Crippen LogP contribution in [0.2, 0.25) is 0 Å². The molecule has 0 saturated carbocycles. The van der Waals surface area contributed by atoms with E-state index in [-0.39, 0.29) is 17.4 Å². The van der Waals surface area contributed by atoms with Crippen LogP contribution in [0, 0.1) is 6.92 Å². The Hall–Kier alpha value is -2.19. The van der Waals surface area contributed by atoms with Crippen LogP contribution in [-0.2, 0) is 13.0 Å². The number of carbonyl (C=O) groups is 1. The number of amides is 1. The van der Waals surface area contributed by atoms with E-state index in [9.17, 15) is 9.59 Å². The summed E-state index contributed by atoms with van der Waals surface area (Å²) < 4.78 is 5.54. The number of carbonyl (C=O) groups excluding carboxylic acids is 1. The highest BCUT2D eigenvalue weighted by molar-refractivity contribution is 7.15. The number of hydrogen-bond donors (Lipinski definition) is 2. The third-order valence-corrected chi connectivity index (χ3v) is 6.03. The first-order chi connectivity index (χ1) is 12.5. The fourth-order valence-corrected chi connectivity index (χ4v) is 4.63. The van der Waals surface area contributed by atoms with Gasteiger partial charge in [-0.2, -0.15) is 0 Å². The van der Waals surface area contributed by atoms with Crippen molar-refractivity contribution >= 4 is 22.4 Å². The van der Waals surface area contributed by atoms with Crippen LogP contribution in [0.3, 0.4) is 0 Å². The molecule has 4 rings (SSSR count). The summed E-state index contributed by atoms with van der Waals surface area (Å²) in [5.41, 5.74) is 7.00. The molecule has 1 amide bonds. The molecule has 7 nitrogen and oxygen atoms in total. The molecule has 1 atom stereocenters. The number of nitrogens with one attached hydrogen (secondary N) is 1.